The van der Waals surface area contributed by atoms with Gasteiger partial charge in [-0.3, -0.25) is 14.5 Å². The van der Waals surface area contributed by atoms with Crippen LogP contribution >= 0.6 is 11.3 Å². The van der Waals surface area contributed by atoms with Crippen LogP contribution in [0.15, 0.2) is 72.1 Å². The molecule has 0 unspecified atom stereocenters. The number of thiophene rings is 1. The Morgan fingerprint density at radius 1 is 1.09 bits per heavy atom. The van der Waals surface area contributed by atoms with Crippen molar-refractivity contribution in [1.29, 1.82) is 0 Å². The Morgan fingerprint density at radius 3 is 2.57 bits per heavy atom. The first-order valence-electron chi connectivity index (χ1n) is 11.2. The van der Waals surface area contributed by atoms with Crippen LogP contribution < -0.4 is 15.0 Å². The van der Waals surface area contributed by atoms with Crippen LogP contribution in [-0.4, -0.2) is 45.2 Å². The Bertz CT molecular complexity index is 1260. The lowest BCUT2D eigenvalue weighted by molar-refractivity contribution is -0.127. The summed E-state index contributed by atoms with van der Waals surface area (Å²) in [5.74, 6) is 0.318. The number of benzene rings is 2. The molecular formula is C25H26N6O3S. The summed E-state index contributed by atoms with van der Waals surface area (Å²) in [4.78, 5) is 30.5. The lowest BCUT2D eigenvalue weighted by Gasteiger charge is -2.31. The SMILES string of the molecule is CC[C@H](C(=O)NCc1ccccc1)N(C(=O)Cn1nnc(-c2cccs2)n1)c1ccccc1OC. The van der Waals surface area contributed by atoms with E-state index in [0.717, 1.165) is 10.4 Å². The van der Waals surface area contributed by atoms with Gasteiger partial charge >= 0.3 is 0 Å². The van der Waals surface area contributed by atoms with E-state index in [2.05, 4.69) is 20.7 Å². The van der Waals surface area contributed by atoms with Crippen molar-refractivity contribution in [3.05, 3.63) is 77.7 Å². The molecule has 0 bridgehead atoms. The number of ether oxygens (including phenoxy) is 1. The van der Waals surface area contributed by atoms with Crippen LogP contribution in [0.2, 0.25) is 0 Å². The van der Waals surface area contributed by atoms with Gasteiger partial charge in [0, 0.05) is 6.54 Å². The molecule has 0 spiro atoms. The van der Waals surface area contributed by atoms with Crippen LogP contribution in [0, 0.1) is 0 Å². The molecule has 0 aliphatic rings. The van der Waals surface area contributed by atoms with E-state index < -0.39 is 6.04 Å². The van der Waals surface area contributed by atoms with Gasteiger partial charge in [0.1, 0.15) is 18.3 Å². The number of rotatable bonds is 10. The number of para-hydroxylation sites is 2. The van der Waals surface area contributed by atoms with Gasteiger partial charge < -0.3 is 10.1 Å². The van der Waals surface area contributed by atoms with Crippen LogP contribution in [0.5, 0.6) is 5.75 Å². The molecule has 0 saturated carbocycles. The zero-order valence-corrected chi connectivity index (χ0v) is 20.3. The maximum Gasteiger partial charge on any atom is 0.251 e. The first kappa shape index (κ1) is 24.1. The Labute approximate surface area is 207 Å². The van der Waals surface area contributed by atoms with E-state index in [1.807, 2.05) is 60.8 Å². The predicted octanol–water partition coefficient (Wildman–Crippen LogP) is 3.54. The molecule has 1 atom stereocenters. The number of hydrogen-bond donors (Lipinski definition) is 1. The molecule has 9 nitrogen and oxygen atoms in total. The number of anilines is 1. The smallest absolute Gasteiger partial charge is 0.251 e. The van der Waals surface area contributed by atoms with Crippen molar-refractivity contribution >= 4 is 28.8 Å². The largest absolute Gasteiger partial charge is 0.495 e. The number of nitrogens with one attached hydrogen (secondary N) is 1. The van der Waals surface area contributed by atoms with E-state index in [-0.39, 0.29) is 18.4 Å². The number of carbonyl (C=O) groups excluding carboxylic acids is 2. The average Bonchev–Trinajstić information content (AvgIpc) is 3.59. The first-order valence-corrected chi connectivity index (χ1v) is 12.1. The molecule has 2 aromatic carbocycles. The zero-order valence-electron chi connectivity index (χ0n) is 19.5. The monoisotopic (exact) mass is 490 g/mol. The van der Waals surface area contributed by atoms with Gasteiger partial charge in [-0.05, 0) is 40.8 Å². The van der Waals surface area contributed by atoms with Crippen molar-refractivity contribution in [1.82, 2.24) is 25.5 Å². The number of nitrogens with zero attached hydrogens (tertiary/aromatic N) is 5. The normalized spacial score (nSPS) is 11.6. The Kier molecular flexibility index (Phi) is 7.84. The number of carbonyl (C=O) groups is 2. The molecular weight excluding hydrogens is 464 g/mol. The maximum absolute atomic E-state index is 13.6. The third-order valence-electron chi connectivity index (χ3n) is 5.40. The van der Waals surface area contributed by atoms with Gasteiger partial charge in [-0.15, -0.1) is 21.5 Å². The van der Waals surface area contributed by atoms with Gasteiger partial charge in [0.05, 0.1) is 17.7 Å². The summed E-state index contributed by atoms with van der Waals surface area (Å²) in [6, 6.07) is 19.8. The summed E-state index contributed by atoms with van der Waals surface area (Å²) in [5, 5.41) is 17.3. The fourth-order valence-corrected chi connectivity index (χ4v) is 4.35. The second-order valence-electron chi connectivity index (χ2n) is 7.68. The molecule has 0 aliphatic heterocycles. The lowest BCUT2D eigenvalue weighted by Crippen LogP contribution is -2.50. The zero-order chi connectivity index (χ0) is 24.6. The minimum Gasteiger partial charge on any atom is -0.495 e. The molecule has 10 heteroatoms. The molecule has 2 amide bonds. The van der Waals surface area contributed by atoms with Crippen molar-refractivity contribution in [2.24, 2.45) is 0 Å². The lowest BCUT2D eigenvalue weighted by atomic mass is 10.1. The van der Waals surface area contributed by atoms with Gasteiger partial charge in [-0.25, -0.2) is 0 Å². The number of tetrazole rings is 1. The second-order valence-corrected chi connectivity index (χ2v) is 8.63. The molecule has 0 saturated heterocycles. The van der Waals surface area contributed by atoms with Crippen LogP contribution in [0.25, 0.3) is 10.7 Å². The van der Waals surface area contributed by atoms with E-state index in [4.69, 9.17) is 4.74 Å². The number of aromatic nitrogens is 4. The summed E-state index contributed by atoms with van der Waals surface area (Å²) >= 11 is 1.49. The fourth-order valence-electron chi connectivity index (χ4n) is 3.70. The highest BCUT2D eigenvalue weighted by atomic mass is 32.1. The molecule has 0 fully saturated rings. The molecule has 2 aromatic heterocycles. The second kappa shape index (κ2) is 11.4. The molecule has 2 heterocycles. The summed E-state index contributed by atoms with van der Waals surface area (Å²) < 4.78 is 5.51. The molecule has 4 aromatic rings. The highest BCUT2D eigenvalue weighted by Crippen LogP contribution is 2.30. The van der Waals surface area contributed by atoms with Gasteiger partial charge in [0.2, 0.25) is 11.7 Å². The number of methoxy groups -OCH3 is 1. The number of amides is 2. The third-order valence-corrected chi connectivity index (χ3v) is 6.26. The van der Waals surface area contributed by atoms with Crippen LogP contribution in [-0.2, 0) is 22.7 Å². The highest BCUT2D eigenvalue weighted by molar-refractivity contribution is 7.13. The van der Waals surface area contributed by atoms with Gasteiger partial charge in [0.15, 0.2) is 0 Å². The Morgan fingerprint density at radius 2 is 1.86 bits per heavy atom. The quantitative estimate of drug-likeness (QED) is 0.365. The van der Waals surface area contributed by atoms with Crippen LogP contribution in [0.3, 0.4) is 0 Å². The summed E-state index contributed by atoms with van der Waals surface area (Å²) in [7, 11) is 1.53. The minimum absolute atomic E-state index is 0.182. The topological polar surface area (TPSA) is 102 Å². The maximum atomic E-state index is 13.6. The fraction of sp³-hybridized carbons (Fsp3) is 0.240. The minimum atomic E-state index is -0.761. The molecule has 35 heavy (non-hydrogen) atoms. The van der Waals surface area contributed by atoms with Crippen molar-refractivity contribution in [2.75, 3.05) is 12.0 Å². The molecule has 180 valence electrons. The van der Waals surface area contributed by atoms with E-state index in [9.17, 15) is 9.59 Å². The van der Waals surface area contributed by atoms with Gasteiger partial charge in [-0.1, -0.05) is 55.5 Å². The van der Waals surface area contributed by atoms with Gasteiger partial charge in [0.25, 0.3) is 5.91 Å². The standard InChI is InChI=1S/C25H26N6O3S/c1-3-19(25(33)26-16-18-10-5-4-6-11-18)31(20-12-7-8-13-21(20)34-2)23(32)17-30-28-24(27-29-30)22-14-9-15-35-22/h4-15,19H,3,16-17H2,1-2H3,(H,26,33)/t19-/m1/s1. The summed E-state index contributed by atoms with van der Waals surface area (Å²) in [6.45, 7) is 2.04. The van der Waals surface area contributed by atoms with E-state index in [1.165, 1.54) is 28.1 Å². The summed E-state index contributed by atoms with van der Waals surface area (Å²) in [5.41, 5.74) is 1.47. The summed E-state index contributed by atoms with van der Waals surface area (Å²) in [6.07, 6.45) is 0.398. The van der Waals surface area contributed by atoms with Gasteiger partial charge in [-0.2, -0.15) is 4.80 Å². The van der Waals surface area contributed by atoms with Crippen molar-refractivity contribution in [2.45, 2.75) is 32.5 Å². The van der Waals surface area contributed by atoms with E-state index in [1.54, 1.807) is 18.2 Å². The Balaban J connectivity index is 1.59. The van der Waals surface area contributed by atoms with E-state index >= 15 is 0 Å². The van der Waals surface area contributed by atoms with E-state index in [0.29, 0.717) is 30.2 Å². The number of hydrogen-bond acceptors (Lipinski definition) is 7. The Hall–Kier alpha value is -4.05. The average molecular weight is 491 g/mol. The molecule has 0 aliphatic carbocycles. The molecule has 4 rings (SSSR count). The third kappa shape index (κ3) is 5.72. The van der Waals surface area contributed by atoms with Crippen LogP contribution in [0.4, 0.5) is 5.69 Å². The van der Waals surface area contributed by atoms with Crippen molar-refractivity contribution in [3.63, 3.8) is 0 Å². The first-order chi connectivity index (χ1) is 17.1. The van der Waals surface area contributed by atoms with Crippen molar-refractivity contribution < 1.29 is 14.3 Å². The molecule has 1 N–H and O–H groups in total. The predicted molar refractivity (Wildman–Crippen MR) is 134 cm³/mol. The highest BCUT2D eigenvalue weighted by Gasteiger charge is 2.32. The van der Waals surface area contributed by atoms with Crippen molar-refractivity contribution in [3.8, 4) is 16.5 Å². The van der Waals surface area contributed by atoms with Crippen LogP contribution in [0.1, 0.15) is 18.9 Å². The molecule has 0 radical (unpaired) electrons.